The number of amides is 2. The third kappa shape index (κ3) is 3.57. The fraction of sp³-hybridized carbons (Fsp3) is 0.467. The summed E-state index contributed by atoms with van der Waals surface area (Å²) in [6.45, 7) is 1.89. The van der Waals surface area contributed by atoms with Crippen LogP contribution >= 0.6 is 11.8 Å². The molecule has 1 aromatic rings. The molecule has 6 heteroatoms. The zero-order valence-corrected chi connectivity index (χ0v) is 12.6. The van der Waals surface area contributed by atoms with Crippen molar-refractivity contribution in [3.8, 4) is 0 Å². The Kier molecular flexibility index (Phi) is 4.45. The molecule has 112 valence electrons. The second-order valence-corrected chi connectivity index (χ2v) is 6.49. The first-order valence-corrected chi connectivity index (χ1v) is 8.29. The molecule has 0 aliphatic carbocycles. The Morgan fingerprint density at radius 3 is 2.90 bits per heavy atom. The Morgan fingerprint density at radius 2 is 2.10 bits per heavy atom. The fourth-order valence-corrected chi connectivity index (χ4v) is 3.53. The highest BCUT2D eigenvalue weighted by Gasteiger charge is 2.19. The van der Waals surface area contributed by atoms with E-state index in [2.05, 4.69) is 16.0 Å². The first kappa shape index (κ1) is 14.4. The van der Waals surface area contributed by atoms with Gasteiger partial charge in [0.1, 0.15) is 0 Å². The number of carbonyl (C=O) groups excluding carboxylic acids is 2. The molecule has 0 spiro atoms. The lowest BCUT2D eigenvalue weighted by Crippen LogP contribution is -2.42. The van der Waals surface area contributed by atoms with E-state index >= 15 is 0 Å². The van der Waals surface area contributed by atoms with Gasteiger partial charge in [0.25, 0.3) is 5.91 Å². The number of hydrogen-bond acceptors (Lipinski definition) is 4. The first-order valence-electron chi connectivity index (χ1n) is 7.30. The summed E-state index contributed by atoms with van der Waals surface area (Å²) < 4.78 is 0. The van der Waals surface area contributed by atoms with E-state index in [-0.39, 0.29) is 17.9 Å². The standard InChI is InChI=1S/C15H19N3O2S/c19-14-5-8-21-13-2-1-10(9-12(13)18-14)15(20)17-11-3-6-16-7-4-11/h1-2,9,11,16H,3-8H2,(H,17,20)(H,18,19). The third-order valence-electron chi connectivity index (χ3n) is 3.78. The van der Waals surface area contributed by atoms with Crippen molar-refractivity contribution in [1.29, 1.82) is 0 Å². The van der Waals surface area contributed by atoms with Crippen LogP contribution in [0.1, 0.15) is 29.6 Å². The summed E-state index contributed by atoms with van der Waals surface area (Å²) in [4.78, 5) is 25.0. The molecule has 1 aromatic carbocycles. The molecule has 2 aliphatic heterocycles. The zero-order chi connectivity index (χ0) is 14.7. The molecule has 2 amide bonds. The SMILES string of the molecule is O=C1CCSc2ccc(C(=O)NC3CCNCC3)cc2N1. The second-order valence-electron chi connectivity index (χ2n) is 5.36. The van der Waals surface area contributed by atoms with Crippen molar-refractivity contribution >= 4 is 29.3 Å². The van der Waals surface area contributed by atoms with Gasteiger partial charge in [-0.1, -0.05) is 0 Å². The number of nitrogens with one attached hydrogen (secondary N) is 3. The zero-order valence-electron chi connectivity index (χ0n) is 11.8. The van der Waals surface area contributed by atoms with E-state index in [4.69, 9.17) is 0 Å². The second kappa shape index (κ2) is 6.49. The van der Waals surface area contributed by atoms with Crippen LogP contribution in [0.2, 0.25) is 0 Å². The number of hydrogen-bond donors (Lipinski definition) is 3. The quantitative estimate of drug-likeness (QED) is 0.776. The van der Waals surface area contributed by atoms with Crippen LogP contribution in [0.25, 0.3) is 0 Å². The predicted octanol–water partition coefficient (Wildman–Crippen LogP) is 1.60. The van der Waals surface area contributed by atoms with Crippen LogP contribution in [0.4, 0.5) is 5.69 Å². The molecular formula is C15H19N3O2S. The number of carbonyl (C=O) groups is 2. The molecule has 3 rings (SSSR count). The average molecular weight is 305 g/mol. The lowest BCUT2D eigenvalue weighted by Gasteiger charge is -2.23. The third-order valence-corrected chi connectivity index (χ3v) is 4.85. The predicted molar refractivity (Wildman–Crippen MR) is 83.8 cm³/mol. The van der Waals surface area contributed by atoms with Gasteiger partial charge in [-0.3, -0.25) is 9.59 Å². The highest BCUT2D eigenvalue weighted by molar-refractivity contribution is 7.99. The van der Waals surface area contributed by atoms with Crippen molar-refractivity contribution in [2.75, 3.05) is 24.2 Å². The van der Waals surface area contributed by atoms with E-state index in [1.54, 1.807) is 17.8 Å². The summed E-state index contributed by atoms with van der Waals surface area (Å²) in [5.41, 5.74) is 1.36. The molecule has 2 heterocycles. The molecule has 1 saturated heterocycles. The number of fused-ring (bicyclic) bond motifs is 1. The molecule has 5 nitrogen and oxygen atoms in total. The van der Waals surface area contributed by atoms with Crippen LogP contribution in [-0.2, 0) is 4.79 Å². The first-order chi connectivity index (χ1) is 10.2. The maximum Gasteiger partial charge on any atom is 0.251 e. The van der Waals surface area contributed by atoms with Crippen LogP contribution in [-0.4, -0.2) is 36.7 Å². The van der Waals surface area contributed by atoms with Crippen LogP contribution < -0.4 is 16.0 Å². The number of piperidine rings is 1. The van der Waals surface area contributed by atoms with Crippen LogP contribution in [0.15, 0.2) is 23.1 Å². The van der Waals surface area contributed by atoms with Crippen molar-refractivity contribution in [2.45, 2.75) is 30.2 Å². The fourth-order valence-electron chi connectivity index (χ4n) is 2.60. The van der Waals surface area contributed by atoms with Crippen molar-refractivity contribution in [3.05, 3.63) is 23.8 Å². The molecule has 3 N–H and O–H groups in total. The van der Waals surface area contributed by atoms with Gasteiger partial charge in [-0.05, 0) is 44.1 Å². The molecule has 1 fully saturated rings. The summed E-state index contributed by atoms with van der Waals surface area (Å²) >= 11 is 1.65. The van der Waals surface area contributed by atoms with Gasteiger partial charge in [0.15, 0.2) is 0 Å². The Hall–Kier alpha value is -1.53. The number of rotatable bonds is 2. The molecule has 2 aliphatic rings. The maximum atomic E-state index is 12.3. The molecule has 21 heavy (non-hydrogen) atoms. The molecule has 0 unspecified atom stereocenters. The lowest BCUT2D eigenvalue weighted by molar-refractivity contribution is -0.115. The van der Waals surface area contributed by atoms with Gasteiger partial charge in [-0.15, -0.1) is 11.8 Å². The van der Waals surface area contributed by atoms with E-state index in [9.17, 15) is 9.59 Å². The molecule has 0 radical (unpaired) electrons. The van der Waals surface area contributed by atoms with Gasteiger partial charge in [0.05, 0.1) is 5.69 Å². The van der Waals surface area contributed by atoms with E-state index in [0.717, 1.165) is 42.3 Å². The Morgan fingerprint density at radius 1 is 1.29 bits per heavy atom. The minimum Gasteiger partial charge on any atom is -0.349 e. The van der Waals surface area contributed by atoms with Gasteiger partial charge in [-0.25, -0.2) is 0 Å². The number of benzene rings is 1. The van der Waals surface area contributed by atoms with Crippen LogP contribution in [0.5, 0.6) is 0 Å². The molecular weight excluding hydrogens is 286 g/mol. The lowest BCUT2D eigenvalue weighted by atomic mass is 10.1. The minimum absolute atomic E-state index is 0.0113. The Balaban J connectivity index is 1.73. The van der Waals surface area contributed by atoms with E-state index in [1.807, 2.05) is 12.1 Å². The maximum absolute atomic E-state index is 12.3. The highest BCUT2D eigenvalue weighted by Crippen LogP contribution is 2.31. The summed E-state index contributed by atoms with van der Waals surface area (Å²) in [5.74, 6) is 0.727. The average Bonchev–Trinajstić information content (AvgIpc) is 2.68. The van der Waals surface area contributed by atoms with Crippen molar-refractivity contribution < 1.29 is 9.59 Å². The van der Waals surface area contributed by atoms with Crippen LogP contribution in [0.3, 0.4) is 0 Å². The summed E-state index contributed by atoms with van der Waals surface area (Å²) in [6, 6.07) is 5.77. The normalized spacial score (nSPS) is 19.3. The van der Waals surface area contributed by atoms with Crippen molar-refractivity contribution in [3.63, 3.8) is 0 Å². The minimum atomic E-state index is -0.0619. The van der Waals surface area contributed by atoms with Crippen molar-refractivity contribution in [2.24, 2.45) is 0 Å². The molecule has 0 atom stereocenters. The topological polar surface area (TPSA) is 70.2 Å². The van der Waals surface area contributed by atoms with Gasteiger partial charge in [0.2, 0.25) is 5.91 Å². The van der Waals surface area contributed by atoms with Gasteiger partial charge < -0.3 is 16.0 Å². The number of anilines is 1. The Labute approximate surface area is 128 Å². The van der Waals surface area contributed by atoms with Gasteiger partial charge in [0, 0.05) is 28.7 Å². The number of thioether (sulfide) groups is 1. The molecule has 0 bridgehead atoms. The van der Waals surface area contributed by atoms with Gasteiger partial charge >= 0.3 is 0 Å². The highest BCUT2D eigenvalue weighted by atomic mass is 32.2. The largest absolute Gasteiger partial charge is 0.349 e. The van der Waals surface area contributed by atoms with Gasteiger partial charge in [-0.2, -0.15) is 0 Å². The monoisotopic (exact) mass is 305 g/mol. The molecule has 0 saturated carbocycles. The van der Waals surface area contributed by atoms with Crippen LogP contribution in [0, 0.1) is 0 Å². The smallest absolute Gasteiger partial charge is 0.251 e. The van der Waals surface area contributed by atoms with E-state index in [1.165, 1.54) is 0 Å². The summed E-state index contributed by atoms with van der Waals surface area (Å²) in [7, 11) is 0. The molecule has 0 aromatic heterocycles. The summed E-state index contributed by atoms with van der Waals surface area (Å²) in [5, 5.41) is 9.22. The van der Waals surface area contributed by atoms with E-state index < -0.39 is 0 Å². The Bertz CT molecular complexity index is 556. The summed E-state index contributed by atoms with van der Waals surface area (Å²) in [6.07, 6.45) is 2.43. The van der Waals surface area contributed by atoms with Crippen molar-refractivity contribution in [1.82, 2.24) is 10.6 Å². The van der Waals surface area contributed by atoms with E-state index in [0.29, 0.717) is 12.0 Å².